The van der Waals surface area contributed by atoms with Crippen LogP contribution in [0.25, 0.3) is 0 Å². The summed E-state index contributed by atoms with van der Waals surface area (Å²) in [6.07, 6.45) is 2.48. The number of nitrogens with two attached hydrogens (primary N) is 1. The van der Waals surface area contributed by atoms with E-state index in [1.165, 1.54) is 0 Å². The van der Waals surface area contributed by atoms with Gasteiger partial charge in [0.1, 0.15) is 6.04 Å². The lowest BCUT2D eigenvalue weighted by Gasteiger charge is -2.27. The molecule has 128 valence electrons. The molecule has 0 saturated carbocycles. The first-order valence-corrected chi connectivity index (χ1v) is 9.12. The fourth-order valence-corrected chi connectivity index (χ4v) is 2.78. The van der Waals surface area contributed by atoms with Crippen molar-refractivity contribution in [2.24, 2.45) is 5.73 Å². The van der Waals surface area contributed by atoms with Crippen molar-refractivity contribution in [2.75, 3.05) is 18.6 Å². The molecule has 4 N–H and O–H groups in total. The summed E-state index contributed by atoms with van der Waals surface area (Å²) < 4.78 is 0. The highest BCUT2D eigenvalue weighted by atomic mass is 35.5. The molecular weight excluding hydrogens is 334 g/mol. The van der Waals surface area contributed by atoms with E-state index in [4.69, 9.17) is 17.3 Å². The number of primary amides is 1. The third kappa shape index (κ3) is 6.71. The number of urea groups is 1. The molecule has 0 heterocycles. The van der Waals surface area contributed by atoms with E-state index in [2.05, 4.69) is 10.6 Å². The van der Waals surface area contributed by atoms with Gasteiger partial charge in [-0.1, -0.05) is 37.6 Å². The predicted molar refractivity (Wildman–Crippen MR) is 97.0 cm³/mol. The summed E-state index contributed by atoms with van der Waals surface area (Å²) in [5.74, 6) is 0.531. The molecule has 5 nitrogen and oxygen atoms in total. The molecule has 0 bridgehead atoms. The molecule has 0 aliphatic heterocycles. The molecule has 7 heteroatoms. The van der Waals surface area contributed by atoms with Crippen LogP contribution in [-0.4, -0.2) is 36.5 Å². The van der Waals surface area contributed by atoms with E-state index in [1.807, 2.05) is 44.4 Å². The predicted octanol–water partition coefficient (Wildman–Crippen LogP) is 2.52. The molecule has 1 aromatic carbocycles. The van der Waals surface area contributed by atoms with Crippen LogP contribution in [0.2, 0.25) is 5.02 Å². The fraction of sp³-hybridized carbons (Fsp3) is 0.500. The van der Waals surface area contributed by atoms with Gasteiger partial charge in [0.05, 0.1) is 0 Å². The summed E-state index contributed by atoms with van der Waals surface area (Å²) in [5, 5.41) is 6.05. The van der Waals surface area contributed by atoms with Gasteiger partial charge in [-0.2, -0.15) is 11.8 Å². The molecule has 23 heavy (non-hydrogen) atoms. The number of halogens is 1. The molecule has 0 aliphatic rings. The number of hydrogen-bond donors (Lipinski definition) is 3. The van der Waals surface area contributed by atoms with Gasteiger partial charge in [-0.25, -0.2) is 4.79 Å². The highest BCUT2D eigenvalue weighted by Gasteiger charge is 2.25. The normalized spacial score (nSPS) is 12.5. The van der Waals surface area contributed by atoms with Crippen LogP contribution in [0.4, 0.5) is 4.79 Å². The van der Waals surface area contributed by atoms with Gasteiger partial charge in [-0.3, -0.25) is 4.79 Å². The van der Waals surface area contributed by atoms with Gasteiger partial charge < -0.3 is 16.4 Å². The Kier molecular flexibility index (Phi) is 7.72. The van der Waals surface area contributed by atoms with Gasteiger partial charge in [0.2, 0.25) is 5.91 Å². The molecule has 0 aromatic heterocycles. The summed E-state index contributed by atoms with van der Waals surface area (Å²) in [5.41, 5.74) is 5.90. The maximum absolute atomic E-state index is 12.3. The second kappa shape index (κ2) is 9.03. The fourth-order valence-electron chi connectivity index (χ4n) is 2.12. The minimum atomic E-state index is -0.694. The zero-order chi connectivity index (χ0) is 17.5. The Balaban J connectivity index is 2.69. The molecule has 0 unspecified atom stereocenters. The molecule has 0 saturated heterocycles. The number of benzene rings is 1. The summed E-state index contributed by atoms with van der Waals surface area (Å²) in [7, 11) is 0. The van der Waals surface area contributed by atoms with Crippen molar-refractivity contribution in [3.63, 3.8) is 0 Å². The van der Waals surface area contributed by atoms with E-state index in [-0.39, 0.29) is 11.3 Å². The topological polar surface area (TPSA) is 84.2 Å². The Morgan fingerprint density at radius 3 is 2.65 bits per heavy atom. The number of nitrogens with one attached hydrogen (secondary N) is 2. The van der Waals surface area contributed by atoms with Gasteiger partial charge in [0.15, 0.2) is 0 Å². The summed E-state index contributed by atoms with van der Waals surface area (Å²) in [4.78, 5) is 23.4. The van der Waals surface area contributed by atoms with Crippen LogP contribution in [0.3, 0.4) is 0 Å². The molecule has 3 amide bonds. The maximum Gasteiger partial charge on any atom is 0.312 e. The van der Waals surface area contributed by atoms with Crippen molar-refractivity contribution in [1.82, 2.24) is 10.6 Å². The first-order valence-electron chi connectivity index (χ1n) is 7.35. The zero-order valence-electron chi connectivity index (χ0n) is 13.7. The van der Waals surface area contributed by atoms with Gasteiger partial charge in [-0.15, -0.1) is 0 Å². The van der Waals surface area contributed by atoms with Crippen molar-refractivity contribution in [3.05, 3.63) is 34.9 Å². The summed E-state index contributed by atoms with van der Waals surface area (Å²) in [6.45, 7) is 4.48. The van der Waals surface area contributed by atoms with Crippen LogP contribution in [0.1, 0.15) is 25.8 Å². The van der Waals surface area contributed by atoms with E-state index < -0.39 is 12.1 Å². The molecular formula is C16H24ClN3O2S. The van der Waals surface area contributed by atoms with Crippen molar-refractivity contribution >= 4 is 35.3 Å². The number of rotatable bonds is 8. The minimum Gasteiger partial charge on any atom is -0.353 e. The minimum absolute atomic E-state index is 0.229. The Hall–Kier alpha value is -1.40. The first-order chi connectivity index (χ1) is 10.8. The van der Waals surface area contributed by atoms with Crippen molar-refractivity contribution < 1.29 is 9.59 Å². The van der Waals surface area contributed by atoms with Gasteiger partial charge >= 0.3 is 6.03 Å². The van der Waals surface area contributed by atoms with Crippen LogP contribution in [0.15, 0.2) is 24.3 Å². The molecule has 0 radical (unpaired) electrons. The largest absolute Gasteiger partial charge is 0.353 e. The highest BCUT2D eigenvalue weighted by Crippen LogP contribution is 2.24. The number of carbonyl (C=O) groups excluding carboxylic acids is 2. The quantitative estimate of drug-likeness (QED) is 0.668. The van der Waals surface area contributed by atoms with Crippen LogP contribution >= 0.6 is 23.4 Å². The van der Waals surface area contributed by atoms with E-state index in [0.717, 1.165) is 11.3 Å². The standard InChI is InChI=1S/C16H24ClN3O2S/c1-16(2,11-5-4-6-12(17)9-11)10-19-14(21)13(7-8-23-3)20-15(18)22/h4-6,9,13H,7-8,10H2,1-3H3,(H,19,21)(H3,18,20,22)/t13-/m1/s1. The van der Waals surface area contributed by atoms with Crippen molar-refractivity contribution in [3.8, 4) is 0 Å². The Morgan fingerprint density at radius 2 is 2.09 bits per heavy atom. The van der Waals surface area contributed by atoms with Crippen LogP contribution in [0.5, 0.6) is 0 Å². The van der Waals surface area contributed by atoms with Gasteiger partial charge in [-0.05, 0) is 36.1 Å². The highest BCUT2D eigenvalue weighted by molar-refractivity contribution is 7.98. The van der Waals surface area contributed by atoms with E-state index in [9.17, 15) is 9.59 Å². The average Bonchev–Trinajstić information content (AvgIpc) is 2.48. The number of amides is 3. The summed E-state index contributed by atoms with van der Waals surface area (Å²) >= 11 is 7.64. The molecule has 1 aromatic rings. The first kappa shape index (κ1) is 19.6. The third-order valence-corrected chi connectivity index (χ3v) is 4.43. The summed E-state index contributed by atoms with van der Waals surface area (Å²) in [6, 6.07) is 6.26. The second-order valence-electron chi connectivity index (χ2n) is 5.95. The van der Waals surface area contributed by atoms with Crippen LogP contribution in [0, 0.1) is 0 Å². The third-order valence-electron chi connectivity index (χ3n) is 3.55. The Morgan fingerprint density at radius 1 is 1.39 bits per heavy atom. The molecule has 0 aliphatic carbocycles. The van der Waals surface area contributed by atoms with Gasteiger partial charge in [0.25, 0.3) is 0 Å². The van der Waals surface area contributed by atoms with Crippen LogP contribution < -0.4 is 16.4 Å². The lowest BCUT2D eigenvalue weighted by atomic mass is 9.84. The lowest BCUT2D eigenvalue weighted by molar-refractivity contribution is -0.123. The number of thioether (sulfide) groups is 1. The monoisotopic (exact) mass is 357 g/mol. The van der Waals surface area contributed by atoms with Crippen molar-refractivity contribution in [2.45, 2.75) is 31.7 Å². The van der Waals surface area contributed by atoms with Crippen LogP contribution in [-0.2, 0) is 10.2 Å². The van der Waals surface area contributed by atoms with Crippen molar-refractivity contribution in [1.29, 1.82) is 0 Å². The SMILES string of the molecule is CSCC[C@@H](NC(N)=O)C(=O)NCC(C)(C)c1cccc(Cl)c1. The van der Waals surface area contributed by atoms with E-state index in [1.54, 1.807) is 11.8 Å². The van der Waals surface area contributed by atoms with E-state index >= 15 is 0 Å². The smallest absolute Gasteiger partial charge is 0.312 e. The van der Waals surface area contributed by atoms with E-state index in [0.29, 0.717) is 18.0 Å². The number of hydrogen-bond acceptors (Lipinski definition) is 3. The number of carbonyl (C=O) groups is 2. The molecule has 1 atom stereocenters. The Bertz CT molecular complexity index is 552. The maximum atomic E-state index is 12.3. The second-order valence-corrected chi connectivity index (χ2v) is 7.38. The molecule has 1 rings (SSSR count). The average molecular weight is 358 g/mol. The lowest BCUT2D eigenvalue weighted by Crippen LogP contribution is -2.50. The Labute approximate surface area is 146 Å². The zero-order valence-corrected chi connectivity index (χ0v) is 15.3. The molecule has 0 fully saturated rings. The van der Waals surface area contributed by atoms with Gasteiger partial charge in [0, 0.05) is 17.0 Å². The molecule has 0 spiro atoms.